The number of fused-ring (bicyclic) bond motifs is 3. The van der Waals surface area contributed by atoms with E-state index < -0.39 is 0 Å². The van der Waals surface area contributed by atoms with Crippen LogP contribution in [0.1, 0.15) is 44.9 Å². The number of nitrogens with zero attached hydrogens (tertiary/aromatic N) is 3. The van der Waals surface area contributed by atoms with E-state index in [0.717, 1.165) is 29.4 Å². The maximum atomic E-state index is 10.3. The van der Waals surface area contributed by atoms with Crippen molar-refractivity contribution in [2.24, 2.45) is 28.2 Å². The Morgan fingerprint density at radius 1 is 1.28 bits per heavy atom. The summed E-state index contributed by atoms with van der Waals surface area (Å²) >= 11 is 0. The van der Waals surface area contributed by atoms with Crippen molar-refractivity contribution in [3.63, 3.8) is 0 Å². The Labute approximate surface area is 183 Å². The van der Waals surface area contributed by atoms with Gasteiger partial charge in [0.05, 0.1) is 0 Å². The number of halogens is 2. The summed E-state index contributed by atoms with van der Waals surface area (Å²) in [7, 11) is 0. The maximum Gasteiger partial charge on any atom is 0.238 e. The molecule has 3 aliphatic carbocycles. The first-order valence-electron chi connectivity index (χ1n) is 9.70. The Morgan fingerprint density at radius 3 is 2.79 bits per heavy atom. The van der Waals surface area contributed by atoms with E-state index >= 15 is 0 Å². The predicted octanol–water partition coefficient (Wildman–Crippen LogP) is 5.09. The molecular formula is C21H27Cl2N5O. The number of hydrogen-bond donors (Lipinski definition) is 3. The standard InChI is InChI=1S/C21H25N5O.2ClH/c1-11-15-8-13(21(15,2)3)9-16(11)24-20-25-17(19(27)26-20)7-12-10-23-18-14(12)5-4-6-22-18;;/h4-7,10-11,13,15-16,27H,8-9H2,1-3H3,(H2,24,25,26);2*1H/t11-,13+,15-,16-;;/m1../s1. The SMILES string of the molecule is C[C@@H]1[C@H]2C[C@@H](C[C@H]1Nc1nc(O)c(C=C3C=Nc4ncccc43)[nH]1)C2(C)C.Cl.Cl. The molecule has 0 radical (unpaired) electrons. The second-order valence-corrected chi connectivity index (χ2v) is 8.76. The van der Waals surface area contributed by atoms with Crippen LogP contribution in [0.4, 0.5) is 11.8 Å². The number of anilines is 1. The number of hydrogen-bond acceptors (Lipinski definition) is 5. The number of pyridine rings is 1. The van der Waals surface area contributed by atoms with Crippen LogP contribution < -0.4 is 5.32 Å². The van der Waals surface area contributed by atoms with Crippen molar-refractivity contribution in [3.05, 3.63) is 29.6 Å². The number of aromatic hydroxyl groups is 1. The highest BCUT2D eigenvalue weighted by atomic mass is 35.5. The molecule has 2 bridgehead atoms. The quantitative estimate of drug-likeness (QED) is 0.626. The summed E-state index contributed by atoms with van der Waals surface area (Å²) in [5.41, 5.74) is 2.92. The van der Waals surface area contributed by atoms with E-state index in [4.69, 9.17) is 0 Å². The van der Waals surface area contributed by atoms with Gasteiger partial charge in [0.1, 0.15) is 5.69 Å². The number of aromatic nitrogens is 3. The lowest BCUT2D eigenvalue weighted by atomic mass is 9.45. The summed E-state index contributed by atoms with van der Waals surface area (Å²) in [6.45, 7) is 7.14. The summed E-state index contributed by atoms with van der Waals surface area (Å²) < 4.78 is 0. The maximum absolute atomic E-state index is 10.3. The van der Waals surface area contributed by atoms with E-state index in [-0.39, 0.29) is 30.7 Å². The number of allylic oxidation sites excluding steroid dienone is 1. The Hall–Kier alpha value is -2.05. The lowest BCUT2D eigenvalue weighted by Gasteiger charge is -2.62. The molecule has 4 atom stereocenters. The lowest BCUT2D eigenvalue weighted by Crippen LogP contribution is -2.58. The monoisotopic (exact) mass is 435 g/mol. The smallest absolute Gasteiger partial charge is 0.238 e. The Bertz CT molecular complexity index is 968. The Kier molecular flexibility index (Phi) is 5.71. The van der Waals surface area contributed by atoms with Gasteiger partial charge < -0.3 is 15.4 Å². The van der Waals surface area contributed by atoms with E-state index in [2.05, 4.69) is 46.0 Å². The molecule has 1 aliphatic heterocycles. The zero-order valence-electron chi connectivity index (χ0n) is 16.7. The summed E-state index contributed by atoms with van der Waals surface area (Å²) in [5, 5.41) is 13.8. The van der Waals surface area contributed by atoms with Crippen molar-refractivity contribution in [2.45, 2.75) is 39.7 Å². The van der Waals surface area contributed by atoms with Crippen LogP contribution in [0.15, 0.2) is 23.3 Å². The first-order chi connectivity index (χ1) is 12.9. The molecule has 0 saturated heterocycles. The van der Waals surface area contributed by atoms with Crippen molar-refractivity contribution >= 4 is 54.4 Å². The van der Waals surface area contributed by atoms with Crippen LogP contribution in [0, 0.1) is 23.2 Å². The molecule has 6 rings (SSSR count). The molecular weight excluding hydrogens is 409 g/mol. The van der Waals surface area contributed by atoms with Gasteiger partial charge in [-0.3, -0.25) is 0 Å². The van der Waals surface area contributed by atoms with Gasteiger partial charge >= 0.3 is 0 Å². The van der Waals surface area contributed by atoms with Crippen LogP contribution in [0.5, 0.6) is 5.88 Å². The van der Waals surface area contributed by atoms with Crippen molar-refractivity contribution in [2.75, 3.05) is 5.32 Å². The molecule has 3 heterocycles. The molecule has 156 valence electrons. The van der Waals surface area contributed by atoms with Gasteiger partial charge in [-0.1, -0.05) is 20.8 Å². The first kappa shape index (κ1) is 21.7. The number of rotatable bonds is 3. The van der Waals surface area contributed by atoms with Gasteiger partial charge in [0, 0.05) is 29.6 Å². The molecule has 0 unspecified atom stereocenters. The largest absolute Gasteiger partial charge is 0.492 e. The fourth-order valence-electron chi connectivity index (χ4n) is 5.26. The molecule has 2 aromatic rings. The third-order valence-corrected chi connectivity index (χ3v) is 7.11. The predicted molar refractivity (Wildman–Crippen MR) is 122 cm³/mol. The van der Waals surface area contributed by atoms with Gasteiger partial charge in [-0.05, 0) is 54.2 Å². The van der Waals surface area contributed by atoms with Crippen LogP contribution >= 0.6 is 24.8 Å². The van der Waals surface area contributed by atoms with Crippen LogP contribution in [-0.4, -0.2) is 32.3 Å². The average molecular weight is 436 g/mol. The molecule has 3 N–H and O–H groups in total. The second-order valence-electron chi connectivity index (χ2n) is 8.76. The molecule has 4 aliphatic rings. The van der Waals surface area contributed by atoms with Crippen molar-refractivity contribution < 1.29 is 5.11 Å². The van der Waals surface area contributed by atoms with Crippen LogP contribution in [0.2, 0.25) is 0 Å². The summed E-state index contributed by atoms with van der Waals surface area (Å²) in [6, 6.07) is 4.26. The fraction of sp³-hybridized carbons (Fsp3) is 0.476. The summed E-state index contributed by atoms with van der Waals surface area (Å²) in [4.78, 5) is 16.1. The molecule has 29 heavy (non-hydrogen) atoms. The minimum absolute atomic E-state index is 0. The van der Waals surface area contributed by atoms with E-state index in [9.17, 15) is 5.11 Å². The topological polar surface area (TPSA) is 86.2 Å². The number of nitrogens with one attached hydrogen (secondary N) is 2. The van der Waals surface area contributed by atoms with Gasteiger partial charge in [0.25, 0.3) is 0 Å². The Morgan fingerprint density at radius 2 is 2.07 bits per heavy atom. The van der Waals surface area contributed by atoms with Crippen molar-refractivity contribution in [3.8, 4) is 5.88 Å². The van der Waals surface area contributed by atoms with Crippen molar-refractivity contribution in [1.82, 2.24) is 15.0 Å². The van der Waals surface area contributed by atoms with E-state index in [0.29, 0.717) is 34.8 Å². The van der Waals surface area contributed by atoms with Crippen LogP contribution in [0.3, 0.4) is 0 Å². The average Bonchev–Trinajstić information content (AvgIpc) is 3.20. The molecule has 6 nitrogen and oxygen atoms in total. The molecule has 3 fully saturated rings. The molecule has 0 aromatic carbocycles. The summed E-state index contributed by atoms with van der Waals surface area (Å²) in [5.74, 6) is 3.48. The van der Waals surface area contributed by atoms with E-state index in [1.807, 2.05) is 18.2 Å². The molecule has 2 aromatic heterocycles. The highest BCUT2D eigenvalue weighted by molar-refractivity contribution is 6.20. The third kappa shape index (κ3) is 3.42. The summed E-state index contributed by atoms with van der Waals surface area (Å²) in [6.07, 6.45) is 7.87. The van der Waals surface area contributed by atoms with Crippen LogP contribution in [0.25, 0.3) is 11.6 Å². The zero-order valence-corrected chi connectivity index (χ0v) is 18.3. The van der Waals surface area contributed by atoms with Gasteiger partial charge in [0.15, 0.2) is 5.82 Å². The van der Waals surface area contributed by atoms with Gasteiger partial charge in [0.2, 0.25) is 11.8 Å². The Balaban J connectivity index is 0.00000120. The minimum atomic E-state index is 0. The lowest BCUT2D eigenvalue weighted by molar-refractivity contribution is -0.105. The fourth-order valence-corrected chi connectivity index (χ4v) is 5.26. The van der Waals surface area contributed by atoms with Crippen molar-refractivity contribution in [1.29, 1.82) is 0 Å². The third-order valence-electron chi connectivity index (χ3n) is 7.11. The number of aromatic amines is 1. The van der Waals surface area contributed by atoms with E-state index in [1.54, 1.807) is 12.4 Å². The van der Waals surface area contributed by atoms with Crippen LogP contribution in [-0.2, 0) is 0 Å². The highest BCUT2D eigenvalue weighted by Crippen LogP contribution is 2.61. The molecule has 3 saturated carbocycles. The number of H-pyrrole nitrogens is 1. The number of aliphatic imine (C=N–C) groups is 1. The first-order valence-corrected chi connectivity index (χ1v) is 9.70. The minimum Gasteiger partial charge on any atom is -0.492 e. The van der Waals surface area contributed by atoms with Gasteiger partial charge in [-0.15, -0.1) is 24.8 Å². The van der Waals surface area contributed by atoms with Gasteiger partial charge in [-0.2, -0.15) is 4.98 Å². The molecule has 0 spiro atoms. The normalized spacial score (nSPS) is 29.4. The van der Waals surface area contributed by atoms with E-state index in [1.165, 1.54) is 6.42 Å². The second kappa shape index (κ2) is 7.65. The molecule has 8 heteroatoms. The number of imidazole rings is 1. The highest BCUT2D eigenvalue weighted by Gasteiger charge is 2.56. The molecule has 0 amide bonds. The zero-order chi connectivity index (χ0) is 18.8. The van der Waals surface area contributed by atoms with Gasteiger partial charge in [-0.25, -0.2) is 9.98 Å².